The first-order chi connectivity index (χ1) is 7.08. The third kappa shape index (κ3) is 6.54. The normalized spacial score (nSPS) is 11.4. The monoisotopic (exact) mass is 232 g/mol. The Hall–Kier alpha value is -0.523. The van der Waals surface area contributed by atoms with Gasteiger partial charge in [0.05, 0.1) is 0 Å². The van der Waals surface area contributed by atoms with Gasteiger partial charge in [-0.3, -0.25) is 9.59 Å². The predicted molar refractivity (Wildman–Crippen MR) is 60.0 cm³/mol. The zero-order valence-corrected chi connectivity index (χ0v) is 10.7. The van der Waals surface area contributed by atoms with Crippen LogP contribution in [0.2, 0.25) is 12.6 Å². The third-order valence-corrected chi connectivity index (χ3v) is 5.15. The molecule has 0 aliphatic carbocycles. The van der Waals surface area contributed by atoms with Gasteiger partial charge in [0.25, 0.3) is 0 Å². The van der Waals surface area contributed by atoms with Gasteiger partial charge in [-0.25, -0.2) is 0 Å². The van der Waals surface area contributed by atoms with Crippen LogP contribution in [0.3, 0.4) is 0 Å². The molecule has 0 spiro atoms. The van der Waals surface area contributed by atoms with Gasteiger partial charge in [-0.05, 0) is 32.9 Å². The van der Waals surface area contributed by atoms with Crippen LogP contribution in [0.1, 0.15) is 26.7 Å². The van der Waals surface area contributed by atoms with Gasteiger partial charge < -0.3 is 8.85 Å². The molecule has 0 heterocycles. The largest absolute Gasteiger partial charge is 0.395 e. The highest BCUT2D eigenvalue weighted by Gasteiger charge is 2.30. The molecule has 0 unspecified atom stereocenters. The van der Waals surface area contributed by atoms with Gasteiger partial charge in [-0.15, -0.1) is 0 Å². The number of aldehydes is 1. The van der Waals surface area contributed by atoms with E-state index in [4.69, 9.17) is 8.85 Å². The Morgan fingerprint density at radius 3 is 2.20 bits per heavy atom. The van der Waals surface area contributed by atoms with Crippen molar-refractivity contribution in [3.8, 4) is 0 Å². The number of carbonyl (C=O) groups is 2. The average molecular weight is 232 g/mol. The molecule has 4 nitrogen and oxygen atoms in total. The van der Waals surface area contributed by atoms with E-state index in [9.17, 15) is 9.59 Å². The molecular weight excluding hydrogens is 212 g/mol. The Labute approximate surface area is 92.2 Å². The molecule has 0 rings (SSSR count). The highest BCUT2D eigenvalue weighted by atomic mass is 28.4. The fraction of sp³-hybridized carbons (Fsp3) is 0.800. The van der Waals surface area contributed by atoms with Crippen molar-refractivity contribution in [2.45, 2.75) is 39.3 Å². The maximum atomic E-state index is 10.8. The summed E-state index contributed by atoms with van der Waals surface area (Å²) in [6.45, 7) is 7.11. The Balaban J connectivity index is 3.94. The van der Waals surface area contributed by atoms with Crippen LogP contribution in [-0.2, 0) is 18.4 Å². The van der Waals surface area contributed by atoms with Crippen LogP contribution < -0.4 is 0 Å². The highest BCUT2D eigenvalue weighted by molar-refractivity contribution is 6.66. The molecule has 0 saturated carbocycles. The number of hydrogen-bond donors (Lipinski definition) is 0. The van der Waals surface area contributed by atoms with Crippen molar-refractivity contribution in [1.29, 1.82) is 0 Å². The summed E-state index contributed by atoms with van der Waals surface area (Å²) in [5.74, 6) is -0.348. The van der Waals surface area contributed by atoms with E-state index in [2.05, 4.69) is 0 Å². The first-order valence-corrected chi connectivity index (χ1v) is 7.86. The van der Waals surface area contributed by atoms with Crippen LogP contribution in [0, 0.1) is 0 Å². The quantitative estimate of drug-likeness (QED) is 0.345. The molecule has 0 atom stereocenters. The number of ketones is 1. The smallest absolute Gasteiger partial charge is 0.334 e. The lowest BCUT2D eigenvalue weighted by Gasteiger charge is -2.25. The lowest BCUT2D eigenvalue weighted by molar-refractivity contribution is -0.129. The minimum atomic E-state index is -2.10. The van der Waals surface area contributed by atoms with E-state index in [0.29, 0.717) is 32.3 Å². The van der Waals surface area contributed by atoms with Crippen LogP contribution in [0.15, 0.2) is 0 Å². The second-order valence-electron chi connectivity index (χ2n) is 3.44. The number of carbonyl (C=O) groups excluding carboxylic acids is 2. The number of Topliss-reactive ketones (excluding diaryl/α,β-unsaturated/α-hetero) is 1. The van der Waals surface area contributed by atoms with E-state index in [-0.39, 0.29) is 5.78 Å². The minimum Gasteiger partial charge on any atom is -0.395 e. The summed E-state index contributed by atoms with van der Waals surface area (Å²) in [6.07, 6.45) is 1.34. The average Bonchev–Trinajstić information content (AvgIpc) is 2.18. The molecule has 5 heteroatoms. The summed E-state index contributed by atoms with van der Waals surface area (Å²) in [6, 6.07) is 0.758. The molecule has 0 radical (unpaired) electrons. The second kappa shape index (κ2) is 7.73. The van der Waals surface area contributed by atoms with Crippen LogP contribution in [-0.4, -0.2) is 33.8 Å². The summed E-state index contributed by atoms with van der Waals surface area (Å²) in [5, 5.41) is 0. The summed E-state index contributed by atoms with van der Waals surface area (Å²) in [4.78, 5) is 20.9. The van der Waals surface area contributed by atoms with Crippen LogP contribution >= 0.6 is 0 Å². The summed E-state index contributed by atoms with van der Waals surface area (Å²) >= 11 is 0. The van der Waals surface area contributed by atoms with Crippen molar-refractivity contribution < 1.29 is 18.4 Å². The fourth-order valence-corrected chi connectivity index (χ4v) is 3.85. The molecule has 0 aromatic rings. The molecule has 0 saturated heterocycles. The maximum absolute atomic E-state index is 10.8. The molecule has 0 aromatic heterocycles. The van der Waals surface area contributed by atoms with E-state index in [0.717, 1.165) is 6.04 Å². The molecule has 15 heavy (non-hydrogen) atoms. The molecule has 0 fully saturated rings. The van der Waals surface area contributed by atoms with Gasteiger partial charge in [0.15, 0.2) is 12.1 Å². The van der Waals surface area contributed by atoms with Crippen LogP contribution in [0.5, 0.6) is 0 Å². The van der Waals surface area contributed by atoms with Crippen molar-refractivity contribution in [2.24, 2.45) is 0 Å². The molecule has 0 aromatic carbocycles. The van der Waals surface area contributed by atoms with E-state index < -0.39 is 8.56 Å². The van der Waals surface area contributed by atoms with E-state index in [1.165, 1.54) is 0 Å². The molecular formula is C10H20O4Si. The molecule has 0 amide bonds. The lowest BCUT2D eigenvalue weighted by atomic mass is 10.2. The Morgan fingerprint density at radius 2 is 1.80 bits per heavy atom. The van der Waals surface area contributed by atoms with Crippen LogP contribution in [0.4, 0.5) is 0 Å². The van der Waals surface area contributed by atoms with Gasteiger partial charge in [0, 0.05) is 19.6 Å². The van der Waals surface area contributed by atoms with Crippen molar-refractivity contribution in [3.63, 3.8) is 0 Å². The van der Waals surface area contributed by atoms with Crippen LogP contribution in [0.25, 0.3) is 0 Å². The SMILES string of the molecule is CCO[Si](C)(CCCC(=O)C=O)OCC. The fourth-order valence-electron chi connectivity index (χ4n) is 1.44. The first-order valence-electron chi connectivity index (χ1n) is 5.34. The van der Waals surface area contributed by atoms with Crippen molar-refractivity contribution in [3.05, 3.63) is 0 Å². The van der Waals surface area contributed by atoms with Gasteiger partial charge in [-0.2, -0.15) is 0 Å². The van der Waals surface area contributed by atoms with Gasteiger partial charge in [-0.1, -0.05) is 0 Å². The standard InChI is InChI=1S/C10H20O4Si/c1-4-13-15(3,14-5-2)8-6-7-10(12)9-11/h9H,4-8H2,1-3H3. The number of rotatable bonds is 9. The van der Waals surface area contributed by atoms with E-state index >= 15 is 0 Å². The number of hydrogen-bond acceptors (Lipinski definition) is 4. The topological polar surface area (TPSA) is 52.6 Å². The van der Waals surface area contributed by atoms with Crippen molar-refractivity contribution in [2.75, 3.05) is 13.2 Å². The zero-order chi connectivity index (χ0) is 11.7. The first kappa shape index (κ1) is 14.5. The Bertz CT molecular complexity index is 200. The zero-order valence-electron chi connectivity index (χ0n) is 9.75. The van der Waals surface area contributed by atoms with Gasteiger partial charge in [0.2, 0.25) is 0 Å². The maximum Gasteiger partial charge on any atom is 0.334 e. The van der Waals surface area contributed by atoms with E-state index in [1.807, 2.05) is 20.4 Å². The summed E-state index contributed by atoms with van der Waals surface area (Å²) in [5.41, 5.74) is 0. The molecule has 0 aliphatic heterocycles. The van der Waals surface area contributed by atoms with E-state index in [1.54, 1.807) is 0 Å². The highest BCUT2D eigenvalue weighted by Crippen LogP contribution is 2.17. The summed E-state index contributed by atoms with van der Waals surface area (Å²) < 4.78 is 11.2. The molecule has 88 valence electrons. The van der Waals surface area contributed by atoms with Crippen molar-refractivity contribution in [1.82, 2.24) is 0 Å². The van der Waals surface area contributed by atoms with Gasteiger partial charge in [0.1, 0.15) is 0 Å². The van der Waals surface area contributed by atoms with Crippen molar-refractivity contribution >= 4 is 20.6 Å². The minimum absolute atomic E-state index is 0.298. The summed E-state index contributed by atoms with van der Waals surface area (Å²) in [7, 11) is -2.10. The van der Waals surface area contributed by atoms with Gasteiger partial charge >= 0.3 is 8.56 Å². The third-order valence-electron chi connectivity index (χ3n) is 2.08. The molecule has 0 aliphatic rings. The molecule has 0 N–H and O–H groups in total. The Morgan fingerprint density at radius 1 is 1.27 bits per heavy atom. The predicted octanol–water partition coefficient (Wildman–Crippen LogP) is 1.68. The lowest BCUT2D eigenvalue weighted by Crippen LogP contribution is -2.38. The Kier molecular flexibility index (Phi) is 7.46. The molecule has 0 bridgehead atoms. The second-order valence-corrected chi connectivity index (χ2v) is 6.78.